The molecule has 0 saturated heterocycles. The second-order valence-corrected chi connectivity index (χ2v) is 4.62. The maximum absolute atomic E-state index is 11.6. The van der Waals surface area contributed by atoms with Gasteiger partial charge in [-0.2, -0.15) is 0 Å². The Labute approximate surface area is 104 Å². The normalized spacial score (nSPS) is 10.2. The van der Waals surface area contributed by atoms with Gasteiger partial charge in [0, 0.05) is 31.1 Å². The lowest BCUT2D eigenvalue weighted by molar-refractivity contribution is -0.130. The van der Waals surface area contributed by atoms with Crippen LogP contribution in [0.1, 0.15) is 18.4 Å². The zero-order chi connectivity index (χ0) is 12.0. The molecule has 0 aliphatic heterocycles. The Hall–Kier alpha value is -0.870. The van der Waals surface area contributed by atoms with E-state index in [9.17, 15) is 4.79 Å². The van der Waals surface area contributed by atoms with Crippen molar-refractivity contribution in [3.8, 4) is 0 Å². The number of carbonyl (C=O) groups excluding carboxylic acids is 1. The second kappa shape index (κ2) is 6.66. The molecule has 0 atom stereocenters. The van der Waals surface area contributed by atoms with Crippen molar-refractivity contribution in [2.75, 3.05) is 13.7 Å². The lowest BCUT2D eigenvalue weighted by Gasteiger charge is -2.17. The fourth-order valence-electron chi connectivity index (χ4n) is 1.42. The van der Waals surface area contributed by atoms with E-state index >= 15 is 0 Å². The summed E-state index contributed by atoms with van der Waals surface area (Å²) < 4.78 is 1.02. The number of hydrogen-bond acceptors (Lipinski definition) is 2. The Morgan fingerprint density at radius 2 is 2.25 bits per heavy atom. The summed E-state index contributed by atoms with van der Waals surface area (Å²) in [4.78, 5) is 13.3. The SMILES string of the molecule is CN(Cc1cccc(Br)c1)C(=O)CCCO. The third-order valence-corrected chi connectivity index (χ3v) is 2.78. The quantitative estimate of drug-likeness (QED) is 0.901. The molecule has 16 heavy (non-hydrogen) atoms. The molecule has 0 unspecified atom stereocenters. The Balaban J connectivity index is 2.50. The maximum Gasteiger partial charge on any atom is 0.222 e. The highest BCUT2D eigenvalue weighted by Crippen LogP contribution is 2.13. The van der Waals surface area contributed by atoms with E-state index in [1.165, 1.54) is 0 Å². The first-order chi connectivity index (χ1) is 7.63. The Morgan fingerprint density at radius 3 is 2.88 bits per heavy atom. The zero-order valence-electron chi connectivity index (χ0n) is 9.32. The number of aliphatic hydroxyl groups excluding tert-OH is 1. The van der Waals surface area contributed by atoms with Crippen LogP contribution in [0.25, 0.3) is 0 Å². The molecule has 88 valence electrons. The first kappa shape index (κ1) is 13.2. The summed E-state index contributed by atoms with van der Waals surface area (Å²) in [5.41, 5.74) is 1.09. The molecular weight excluding hydrogens is 270 g/mol. The molecule has 1 rings (SSSR count). The predicted molar refractivity (Wildman–Crippen MR) is 66.9 cm³/mol. The highest BCUT2D eigenvalue weighted by molar-refractivity contribution is 9.10. The van der Waals surface area contributed by atoms with Gasteiger partial charge in [0.25, 0.3) is 0 Å². The minimum absolute atomic E-state index is 0.0639. The highest BCUT2D eigenvalue weighted by Gasteiger charge is 2.08. The van der Waals surface area contributed by atoms with Gasteiger partial charge in [-0.15, -0.1) is 0 Å². The number of hydrogen-bond donors (Lipinski definition) is 1. The van der Waals surface area contributed by atoms with Gasteiger partial charge in [0.1, 0.15) is 0 Å². The summed E-state index contributed by atoms with van der Waals surface area (Å²) in [6.45, 7) is 0.667. The topological polar surface area (TPSA) is 40.5 Å². The molecule has 0 bridgehead atoms. The van der Waals surface area contributed by atoms with Crippen molar-refractivity contribution in [2.45, 2.75) is 19.4 Å². The molecule has 1 amide bonds. The number of nitrogens with zero attached hydrogens (tertiary/aromatic N) is 1. The van der Waals surface area contributed by atoms with Gasteiger partial charge in [0.2, 0.25) is 5.91 Å². The van der Waals surface area contributed by atoms with Crippen molar-refractivity contribution in [2.24, 2.45) is 0 Å². The molecular formula is C12H16BrNO2. The number of carbonyl (C=O) groups is 1. The lowest BCUT2D eigenvalue weighted by Crippen LogP contribution is -2.26. The van der Waals surface area contributed by atoms with Crippen LogP contribution in [0.15, 0.2) is 28.7 Å². The van der Waals surface area contributed by atoms with Gasteiger partial charge < -0.3 is 10.0 Å². The van der Waals surface area contributed by atoms with Crippen LogP contribution in [0.4, 0.5) is 0 Å². The zero-order valence-corrected chi connectivity index (χ0v) is 10.9. The van der Waals surface area contributed by atoms with E-state index in [1.807, 2.05) is 24.3 Å². The van der Waals surface area contributed by atoms with Gasteiger partial charge >= 0.3 is 0 Å². The van der Waals surface area contributed by atoms with E-state index in [2.05, 4.69) is 15.9 Å². The molecule has 1 aromatic rings. The molecule has 0 aliphatic carbocycles. The van der Waals surface area contributed by atoms with E-state index in [-0.39, 0.29) is 12.5 Å². The third kappa shape index (κ3) is 4.33. The molecule has 0 aliphatic rings. The number of benzene rings is 1. The first-order valence-corrected chi connectivity index (χ1v) is 6.02. The fourth-order valence-corrected chi connectivity index (χ4v) is 1.87. The number of rotatable bonds is 5. The van der Waals surface area contributed by atoms with E-state index < -0.39 is 0 Å². The fraction of sp³-hybridized carbons (Fsp3) is 0.417. The summed E-state index contributed by atoms with van der Waals surface area (Å²) in [6.07, 6.45) is 0.933. The Morgan fingerprint density at radius 1 is 1.50 bits per heavy atom. The van der Waals surface area contributed by atoms with E-state index in [0.717, 1.165) is 10.0 Å². The summed E-state index contributed by atoms with van der Waals surface area (Å²) in [6, 6.07) is 7.89. The van der Waals surface area contributed by atoms with Crippen LogP contribution in [0.2, 0.25) is 0 Å². The molecule has 1 aromatic carbocycles. The van der Waals surface area contributed by atoms with Crippen LogP contribution >= 0.6 is 15.9 Å². The minimum atomic E-state index is 0.0639. The molecule has 0 heterocycles. The van der Waals surface area contributed by atoms with Crippen LogP contribution in [0.3, 0.4) is 0 Å². The van der Waals surface area contributed by atoms with Gasteiger partial charge in [0.15, 0.2) is 0 Å². The average molecular weight is 286 g/mol. The first-order valence-electron chi connectivity index (χ1n) is 5.22. The molecule has 1 N–H and O–H groups in total. The van der Waals surface area contributed by atoms with Gasteiger partial charge in [-0.05, 0) is 24.1 Å². The van der Waals surface area contributed by atoms with Crippen LogP contribution in [-0.4, -0.2) is 29.6 Å². The van der Waals surface area contributed by atoms with Crippen molar-refractivity contribution in [3.05, 3.63) is 34.3 Å². The third-order valence-electron chi connectivity index (χ3n) is 2.28. The number of halogens is 1. The van der Waals surface area contributed by atoms with Crippen molar-refractivity contribution >= 4 is 21.8 Å². The van der Waals surface area contributed by atoms with Crippen LogP contribution in [0.5, 0.6) is 0 Å². The summed E-state index contributed by atoms with van der Waals surface area (Å²) >= 11 is 3.39. The smallest absolute Gasteiger partial charge is 0.222 e. The number of amides is 1. The Kier molecular flexibility index (Phi) is 5.49. The monoisotopic (exact) mass is 285 g/mol. The molecule has 0 radical (unpaired) electrons. The van der Waals surface area contributed by atoms with E-state index in [4.69, 9.17) is 5.11 Å². The second-order valence-electron chi connectivity index (χ2n) is 3.71. The van der Waals surface area contributed by atoms with Crippen molar-refractivity contribution in [1.29, 1.82) is 0 Å². The minimum Gasteiger partial charge on any atom is -0.396 e. The molecule has 3 nitrogen and oxygen atoms in total. The van der Waals surface area contributed by atoms with Gasteiger partial charge in [-0.3, -0.25) is 4.79 Å². The average Bonchev–Trinajstić information content (AvgIpc) is 2.25. The van der Waals surface area contributed by atoms with Gasteiger partial charge in [-0.25, -0.2) is 0 Å². The maximum atomic E-state index is 11.6. The molecule has 0 spiro atoms. The van der Waals surface area contributed by atoms with Crippen molar-refractivity contribution < 1.29 is 9.90 Å². The molecule has 0 saturated carbocycles. The predicted octanol–water partition coefficient (Wildman–Crippen LogP) is 2.18. The molecule has 0 aromatic heterocycles. The Bertz CT molecular complexity index is 355. The standard InChI is InChI=1S/C12H16BrNO2/c1-14(12(16)6-3-7-15)9-10-4-2-5-11(13)8-10/h2,4-5,8,15H,3,6-7,9H2,1H3. The van der Waals surface area contributed by atoms with Crippen LogP contribution < -0.4 is 0 Å². The molecule has 0 fully saturated rings. The summed E-state index contributed by atoms with van der Waals surface area (Å²) in [5, 5.41) is 8.65. The van der Waals surface area contributed by atoms with E-state index in [0.29, 0.717) is 19.4 Å². The lowest BCUT2D eigenvalue weighted by atomic mass is 10.2. The molecule has 4 heteroatoms. The number of aliphatic hydroxyl groups is 1. The van der Waals surface area contributed by atoms with Crippen molar-refractivity contribution in [3.63, 3.8) is 0 Å². The highest BCUT2D eigenvalue weighted by atomic mass is 79.9. The van der Waals surface area contributed by atoms with E-state index in [1.54, 1.807) is 11.9 Å². The van der Waals surface area contributed by atoms with Crippen LogP contribution in [0, 0.1) is 0 Å². The van der Waals surface area contributed by atoms with Gasteiger partial charge in [-0.1, -0.05) is 28.1 Å². The van der Waals surface area contributed by atoms with Crippen LogP contribution in [-0.2, 0) is 11.3 Å². The largest absolute Gasteiger partial charge is 0.396 e. The van der Waals surface area contributed by atoms with Crippen molar-refractivity contribution in [1.82, 2.24) is 4.90 Å². The van der Waals surface area contributed by atoms with Gasteiger partial charge in [0.05, 0.1) is 0 Å². The summed E-state index contributed by atoms with van der Waals surface area (Å²) in [5.74, 6) is 0.0639. The summed E-state index contributed by atoms with van der Waals surface area (Å²) in [7, 11) is 1.78.